The lowest BCUT2D eigenvalue weighted by Gasteiger charge is -2.20. The van der Waals surface area contributed by atoms with Gasteiger partial charge in [0.25, 0.3) is 0 Å². The predicted octanol–water partition coefficient (Wildman–Crippen LogP) is 1.52. The van der Waals surface area contributed by atoms with Crippen molar-refractivity contribution in [1.82, 2.24) is 10.2 Å². The average molecular weight is 359 g/mol. The van der Waals surface area contributed by atoms with Crippen LogP contribution < -0.4 is 5.32 Å². The Kier molecular flexibility index (Phi) is 6.16. The molecule has 0 saturated heterocycles. The molecule has 1 aromatic carbocycles. The fourth-order valence-electron chi connectivity index (χ4n) is 1.61. The molecule has 0 heterocycles. The van der Waals surface area contributed by atoms with E-state index in [0.717, 1.165) is 10.0 Å². The number of carbonyl (C=O) groups excluding carboxylic acids is 1. The quantitative estimate of drug-likeness (QED) is 0.714. The maximum Gasteiger partial charge on any atom is 0.326 e. The molecule has 0 bridgehead atoms. The number of rotatable bonds is 6. The van der Waals surface area contributed by atoms with Crippen molar-refractivity contribution in [2.45, 2.75) is 19.0 Å². The van der Waals surface area contributed by atoms with Gasteiger partial charge in [-0.15, -0.1) is 0 Å². The molecule has 7 nitrogen and oxygen atoms in total. The van der Waals surface area contributed by atoms with Crippen LogP contribution in [0, 0.1) is 0 Å². The number of carboxylic acid groups (broad SMARTS) is 2. The lowest BCUT2D eigenvalue weighted by atomic mass is 10.2. The SMILES string of the molecule is CN(Cc1cccc(Br)c1)C(=O)NC(CC(=O)O)C(=O)O. The zero-order valence-electron chi connectivity index (χ0n) is 11.2. The summed E-state index contributed by atoms with van der Waals surface area (Å²) < 4.78 is 0.864. The minimum Gasteiger partial charge on any atom is -0.481 e. The standard InChI is InChI=1S/C13H15BrN2O5/c1-16(7-8-3-2-4-9(14)5-8)13(21)15-10(12(19)20)6-11(17)18/h2-5,10H,6-7H2,1H3,(H,15,21)(H,17,18)(H,19,20). The van der Waals surface area contributed by atoms with Crippen LogP contribution in [0.1, 0.15) is 12.0 Å². The number of hydrogen-bond acceptors (Lipinski definition) is 3. The minimum absolute atomic E-state index is 0.269. The maximum atomic E-state index is 11.9. The molecule has 1 unspecified atom stereocenters. The van der Waals surface area contributed by atoms with E-state index in [1.165, 1.54) is 11.9 Å². The van der Waals surface area contributed by atoms with Gasteiger partial charge >= 0.3 is 18.0 Å². The van der Waals surface area contributed by atoms with Crippen LogP contribution in [0.25, 0.3) is 0 Å². The summed E-state index contributed by atoms with van der Waals surface area (Å²) in [4.78, 5) is 34.6. The van der Waals surface area contributed by atoms with E-state index in [1.54, 1.807) is 0 Å². The molecule has 3 N–H and O–H groups in total. The summed E-state index contributed by atoms with van der Waals surface area (Å²) in [6.07, 6.45) is -0.675. The molecule has 1 aromatic rings. The van der Waals surface area contributed by atoms with Gasteiger partial charge in [0.05, 0.1) is 6.42 Å². The third-order valence-corrected chi connectivity index (χ3v) is 3.12. The Morgan fingerprint density at radius 3 is 2.52 bits per heavy atom. The zero-order valence-corrected chi connectivity index (χ0v) is 12.8. The molecule has 1 atom stereocenters. The van der Waals surface area contributed by atoms with Crippen LogP contribution >= 0.6 is 15.9 Å². The van der Waals surface area contributed by atoms with Crippen LogP contribution in [0.4, 0.5) is 4.79 Å². The number of carbonyl (C=O) groups is 3. The molecule has 0 aliphatic heterocycles. The third kappa shape index (κ3) is 5.82. The monoisotopic (exact) mass is 358 g/mol. The normalized spacial score (nSPS) is 11.5. The number of nitrogens with one attached hydrogen (secondary N) is 1. The van der Waals surface area contributed by atoms with Gasteiger partial charge in [0.15, 0.2) is 0 Å². The highest BCUT2D eigenvalue weighted by atomic mass is 79.9. The van der Waals surface area contributed by atoms with Gasteiger partial charge in [0.1, 0.15) is 6.04 Å². The number of nitrogens with zero attached hydrogens (tertiary/aromatic N) is 1. The van der Waals surface area contributed by atoms with Gasteiger partial charge in [-0.25, -0.2) is 9.59 Å². The van der Waals surface area contributed by atoms with Gasteiger partial charge in [0.2, 0.25) is 0 Å². The fourth-order valence-corrected chi connectivity index (χ4v) is 2.06. The molecule has 21 heavy (non-hydrogen) atoms. The van der Waals surface area contributed by atoms with E-state index >= 15 is 0 Å². The van der Waals surface area contributed by atoms with Gasteiger partial charge in [0, 0.05) is 18.1 Å². The van der Waals surface area contributed by atoms with E-state index in [1.807, 2.05) is 24.3 Å². The summed E-state index contributed by atoms with van der Waals surface area (Å²) in [5.41, 5.74) is 0.854. The first kappa shape index (κ1) is 17.0. The summed E-state index contributed by atoms with van der Waals surface area (Å²) >= 11 is 3.31. The number of benzene rings is 1. The van der Waals surface area contributed by atoms with E-state index < -0.39 is 30.4 Å². The molecule has 1 rings (SSSR count). The van der Waals surface area contributed by atoms with Crippen LogP contribution in [-0.2, 0) is 16.1 Å². The highest BCUT2D eigenvalue weighted by Gasteiger charge is 2.24. The van der Waals surface area contributed by atoms with Gasteiger partial charge in [-0.3, -0.25) is 4.79 Å². The van der Waals surface area contributed by atoms with Gasteiger partial charge in [-0.2, -0.15) is 0 Å². The number of halogens is 1. The molecule has 0 spiro atoms. The Labute approximate surface area is 129 Å². The molecule has 114 valence electrons. The molecule has 0 aliphatic rings. The van der Waals surface area contributed by atoms with Crippen molar-refractivity contribution in [3.8, 4) is 0 Å². The van der Waals surface area contributed by atoms with Crippen molar-refractivity contribution in [3.05, 3.63) is 34.3 Å². The first-order valence-corrected chi connectivity index (χ1v) is 6.79. The number of urea groups is 1. The Morgan fingerprint density at radius 1 is 1.33 bits per heavy atom. The first-order valence-electron chi connectivity index (χ1n) is 6.00. The Balaban J connectivity index is 2.64. The zero-order chi connectivity index (χ0) is 16.0. The Hall–Kier alpha value is -2.09. The van der Waals surface area contributed by atoms with Crippen molar-refractivity contribution in [1.29, 1.82) is 0 Å². The van der Waals surface area contributed by atoms with Crippen molar-refractivity contribution < 1.29 is 24.6 Å². The molecule has 0 radical (unpaired) electrons. The first-order chi connectivity index (χ1) is 9.79. The molecule has 0 fully saturated rings. The fraction of sp³-hybridized carbons (Fsp3) is 0.308. The summed E-state index contributed by atoms with van der Waals surface area (Å²) in [5.74, 6) is -2.68. The lowest BCUT2D eigenvalue weighted by Crippen LogP contribution is -2.47. The second-order valence-corrected chi connectivity index (χ2v) is 5.34. The molecule has 2 amide bonds. The second-order valence-electron chi connectivity index (χ2n) is 4.42. The molecular weight excluding hydrogens is 344 g/mol. The summed E-state index contributed by atoms with van der Waals surface area (Å²) in [7, 11) is 1.50. The largest absolute Gasteiger partial charge is 0.481 e. The maximum absolute atomic E-state index is 11.9. The van der Waals surface area contributed by atoms with Crippen molar-refractivity contribution in [2.75, 3.05) is 7.05 Å². The topological polar surface area (TPSA) is 107 Å². The number of carboxylic acids is 2. The van der Waals surface area contributed by atoms with Gasteiger partial charge < -0.3 is 20.4 Å². The van der Waals surface area contributed by atoms with Crippen LogP contribution in [0.3, 0.4) is 0 Å². The molecular formula is C13H15BrN2O5. The van der Waals surface area contributed by atoms with Gasteiger partial charge in [-0.1, -0.05) is 28.1 Å². The van der Waals surface area contributed by atoms with Crippen LogP contribution in [0.15, 0.2) is 28.7 Å². The minimum atomic E-state index is -1.46. The van der Waals surface area contributed by atoms with Crippen LogP contribution in [-0.4, -0.2) is 46.2 Å². The van der Waals surface area contributed by atoms with E-state index in [9.17, 15) is 14.4 Å². The average Bonchev–Trinajstić information content (AvgIpc) is 2.37. The number of amides is 2. The smallest absolute Gasteiger partial charge is 0.326 e. The summed E-state index contributed by atoms with van der Waals surface area (Å²) in [6, 6.07) is 5.20. The molecule has 0 aliphatic carbocycles. The summed E-state index contributed by atoms with van der Waals surface area (Å²) in [5, 5.41) is 19.7. The van der Waals surface area contributed by atoms with Crippen molar-refractivity contribution in [3.63, 3.8) is 0 Å². The predicted molar refractivity (Wildman–Crippen MR) is 77.8 cm³/mol. The van der Waals surface area contributed by atoms with E-state index in [-0.39, 0.29) is 6.54 Å². The third-order valence-electron chi connectivity index (χ3n) is 2.63. The van der Waals surface area contributed by atoms with Crippen molar-refractivity contribution >= 4 is 33.9 Å². The molecule has 0 aromatic heterocycles. The lowest BCUT2D eigenvalue weighted by molar-refractivity contribution is -0.145. The molecule has 0 saturated carbocycles. The Morgan fingerprint density at radius 2 is 2.00 bits per heavy atom. The Bertz CT molecular complexity index is 549. The van der Waals surface area contributed by atoms with Crippen LogP contribution in [0.5, 0.6) is 0 Å². The van der Waals surface area contributed by atoms with E-state index in [2.05, 4.69) is 21.2 Å². The van der Waals surface area contributed by atoms with Gasteiger partial charge in [-0.05, 0) is 17.7 Å². The summed E-state index contributed by atoms with van der Waals surface area (Å²) in [6.45, 7) is 0.269. The van der Waals surface area contributed by atoms with Crippen molar-refractivity contribution in [2.24, 2.45) is 0 Å². The number of hydrogen-bond donors (Lipinski definition) is 3. The second kappa shape index (κ2) is 7.63. The molecule has 8 heteroatoms. The van der Waals surface area contributed by atoms with E-state index in [0.29, 0.717) is 0 Å². The highest BCUT2D eigenvalue weighted by Crippen LogP contribution is 2.13. The van der Waals surface area contributed by atoms with Crippen LogP contribution in [0.2, 0.25) is 0 Å². The highest BCUT2D eigenvalue weighted by molar-refractivity contribution is 9.10. The number of aliphatic carboxylic acids is 2. The van der Waals surface area contributed by atoms with E-state index in [4.69, 9.17) is 10.2 Å².